The first-order valence-corrected chi connectivity index (χ1v) is 12.8. The van der Waals surface area contributed by atoms with Crippen molar-refractivity contribution in [1.29, 1.82) is 0 Å². The Morgan fingerprint density at radius 2 is 1.82 bits per heavy atom. The van der Waals surface area contributed by atoms with Crippen molar-refractivity contribution in [1.82, 2.24) is 19.4 Å². The number of nitrogens with zero attached hydrogens (tertiary/aromatic N) is 3. The molecule has 0 radical (unpaired) electrons. The summed E-state index contributed by atoms with van der Waals surface area (Å²) >= 11 is 1.03. The van der Waals surface area contributed by atoms with Crippen molar-refractivity contribution >= 4 is 31.6 Å². The smallest absolute Gasteiger partial charge is 0.308 e. The van der Waals surface area contributed by atoms with E-state index in [0.717, 1.165) is 22.4 Å². The van der Waals surface area contributed by atoms with E-state index in [9.17, 15) is 13.2 Å². The van der Waals surface area contributed by atoms with Gasteiger partial charge >= 0.3 is 4.87 Å². The minimum Gasteiger partial charge on any atom is -0.338 e. The Hall–Kier alpha value is -2.82. The Kier molecular flexibility index (Phi) is 6.02. The number of nitrogens with one attached hydrogen (secondary N) is 1. The van der Waals surface area contributed by atoms with Gasteiger partial charge in [0.25, 0.3) is 0 Å². The third kappa shape index (κ3) is 4.78. The van der Waals surface area contributed by atoms with Gasteiger partial charge in [-0.1, -0.05) is 61.5 Å². The zero-order valence-corrected chi connectivity index (χ0v) is 20.8. The fourth-order valence-corrected chi connectivity index (χ4v) is 5.60. The van der Waals surface area contributed by atoms with Crippen molar-refractivity contribution in [3.05, 3.63) is 63.6 Å². The molecule has 174 valence electrons. The van der Waals surface area contributed by atoms with Crippen LogP contribution in [0, 0.1) is 0 Å². The van der Waals surface area contributed by atoms with Crippen molar-refractivity contribution in [3.63, 3.8) is 0 Å². The lowest BCUT2D eigenvalue weighted by atomic mass is 9.87. The summed E-state index contributed by atoms with van der Waals surface area (Å²) in [5, 5.41) is 3.96. The molecule has 0 unspecified atom stereocenters. The maximum Gasteiger partial charge on any atom is 0.308 e. The van der Waals surface area contributed by atoms with Crippen LogP contribution in [0.2, 0.25) is 0 Å². The molecule has 0 aliphatic rings. The number of aromatic nitrogens is 3. The number of fused-ring (bicyclic) bond motifs is 1. The Balaban J connectivity index is 1.50. The van der Waals surface area contributed by atoms with Crippen LogP contribution < -0.4 is 9.60 Å². The SMILES string of the molecule is CC(C)n1c(=O)sc2cc(S(=O)(=O)NCc3nc(-c4ccc(C(C)(C)C)cc4)no3)ccc21. The van der Waals surface area contributed by atoms with Gasteiger partial charge in [0.1, 0.15) is 0 Å². The van der Waals surface area contributed by atoms with Crippen LogP contribution in [0.15, 0.2) is 56.7 Å². The maximum absolute atomic E-state index is 12.8. The summed E-state index contributed by atoms with van der Waals surface area (Å²) in [6.07, 6.45) is 0. The molecule has 1 N–H and O–H groups in total. The Bertz CT molecular complexity index is 1460. The fourth-order valence-electron chi connectivity index (χ4n) is 3.48. The molecule has 10 heteroatoms. The minimum absolute atomic E-state index is 0.0109. The van der Waals surface area contributed by atoms with Gasteiger partial charge in [0.2, 0.25) is 21.7 Å². The van der Waals surface area contributed by atoms with E-state index in [1.165, 1.54) is 17.7 Å². The first-order chi connectivity index (χ1) is 15.5. The van der Waals surface area contributed by atoms with Gasteiger partial charge < -0.3 is 4.52 Å². The van der Waals surface area contributed by atoms with Crippen LogP contribution in [0.5, 0.6) is 0 Å². The molecule has 33 heavy (non-hydrogen) atoms. The second kappa shape index (κ2) is 8.51. The number of benzene rings is 2. The standard InChI is InChI=1S/C23H26N4O4S2/c1-14(2)27-18-11-10-17(12-19(18)32-22(27)28)33(29,30)24-13-20-25-21(26-31-20)15-6-8-16(9-7-15)23(3,4)5/h6-12,14,24H,13H2,1-5H3. The van der Waals surface area contributed by atoms with Gasteiger partial charge in [-0.25, -0.2) is 13.1 Å². The highest BCUT2D eigenvalue weighted by Crippen LogP contribution is 2.26. The van der Waals surface area contributed by atoms with Gasteiger partial charge in [-0.2, -0.15) is 4.98 Å². The summed E-state index contributed by atoms with van der Waals surface area (Å²) in [4.78, 5) is 16.5. The van der Waals surface area contributed by atoms with E-state index in [-0.39, 0.29) is 33.7 Å². The van der Waals surface area contributed by atoms with Crippen molar-refractivity contribution in [3.8, 4) is 11.4 Å². The molecule has 0 aliphatic heterocycles. The average molecular weight is 487 g/mol. The van der Waals surface area contributed by atoms with Crippen LogP contribution in [0.3, 0.4) is 0 Å². The molecule has 4 aromatic rings. The fraction of sp³-hybridized carbons (Fsp3) is 0.348. The molecule has 0 saturated heterocycles. The van der Waals surface area contributed by atoms with Gasteiger partial charge in [0.15, 0.2) is 0 Å². The molecule has 0 bridgehead atoms. The minimum atomic E-state index is -3.83. The number of hydrogen-bond donors (Lipinski definition) is 1. The number of thiazole rings is 1. The maximum atomic E-state index is 12.8. The normalized spacial score (nSPS) is 12.7. The van der Waals surface area contributed by atoms with E-state index in [2.05, 4.69) is 35.6 Å². The molecular formula is C23H26N4O4S2. The second-order valence-corrected chi connectivity index (χ2v) is 11.9. The average Bonchev–Trinajstić information content (AvgIpc) is 3.34. The first kappa shape index (κ1) is 23.3. The lowest BCUT2D eigenvalue weighted by Crippen LogP contribution is -2.23. The summed E-state index contributed by atoms with van der Waals surface area (Å²) in [5.74, 6) is 0.552. The van der Waals surface area contributed by atoms with Crippen molar-refractivity contribution in [2.75, 3.05) is 0 Å². The van der Waals surface area contributed by atoms with Crippen molar-refractivity contribution < 1.29 is 12.9 Å². The predicted octanol–water partition coefficient (Wildman–Crippen LogP) is 4.47. The molecule has 2 heterocycles. The van der Waals surface area contributed by atoms with E-state index in [4.69, 9.17) is 4.52 Å². The Labute approximate surface area is 196 Å². The van der Waals surface area contributed by atoms with Crippen LogP contribution >= 0.6 is 11.3 Å². The van der Waals surface area contributed by atoms with Crippen LogP contribution in [-0.4, -0.2) is 23.1 Å². The van der Waals surface area contributed by atoms with Gasteiger partial charge in [-0.3, -0.25) is 9.36 Å². The first-order valence-electron chi connectivity index (χ1n) is 10.5. The van der Waals surface area contributed by atoms with Gasteiger partial charge in [-0.15, -0.1) is 0 Å². The molecule has 0 atom stereocenters. The van der Waals surface area contributed by atoms with E-state index < -0.39 is 10.0 Å². The van der Waals surface area contributed by atoms with E-state index in [1.807, 2.05) is 38.1 Å². The van der Waals surface area contributed by atoms with Gasteiger partial charge in [-0.05, 0) is 43.0 Å². The zero-order chi connectivity index (χ0) is 24.0. The second-order valence-electron chi connectivity index (χ2n) is 9.12. The largest absolute Gasteiger partial charge is 0.338 e. The van der Waals surface area contributed by atoms with Gasteiger partial charge in [0, 0.05) is 11.6 Å². The Morgan fingerprint density at radius 1 is 1.12 bits per heavy atom. The summed E-state index contributed by atoms with van der Waals surface area (Å²) in [5.41, 5.74) is 2.73. The third-order valence-corrected chi connectivity index (χ3v) is 7.62. The van der Waals surface area contributed by atoms with Crippen LogP contribution in [-0.2, 0) is 22.0 Å². The predicted molar refractivity (Wildman–Crippen MR) is 129 cm³/mol. The number of hydrogen-bond acceptors (Lipinski definition) is 7. The Morgan fingerprint density at radius 3 is 2.45 bits per heavy atom. The number of sulfonamides is 1. The molecule has 0 spiro atoms. The van der Waals surface area contributed by atoms with Crippen molar-refractivity contribution in [2.45, 2.75) is 57.5 Å². The third-order valence-electron chi connectivity index (χ3n) is 5.30. The summed E-state index contributed by atoms with van der Waals surface area (Å²) in [7, 11) is -3.83. The lowest BCUT2D eigenvalue weighted by Gasteiger charge is -2.18. The van der Waals surface area contributed by atoms with Crippen LogP contribution in [0.4, 0.5) is 0 Å². The molecule has 0 amide bonds. The van der Waals surface area contributed by atoms with E-state index >= 15 is 0 Å². The zero-order valence-electron chi connectivity index (χ0n) is 19.1. The van der Waals surface area contributed by atoms with Crippen molar-refractivity contribution in [2.24, 2.45) is 0 Å². The monoisotopic (exact) mass is 486 g/mol. The highest BCUT2D eigenvalue weighted by atomic mass is 32.2. The highest BCUT2D eigenvalue weighted by molar-refractivity contribution is 7.89. The van der Waals surface area contributed by atoms with Gasteiger partial charge in [0.05, 0.1) is 21.7 Å². The molecule has 0 fully saturated rings. The van der Waals surface area contributed by atoms with E-state index in [1.54, 1.807) is 10.6 Å². The molecular weight excluding hydrogens is 460 g/mol. The molecule has 2 aromatic heterocycles. The van der Waals surface area contributed by atoms with Crippen LogP contribution in [0.25, 0.3) is 21.6 Å². The molecule has 0 aliphatic carbocycles. The topological polar surface area (TPSA) is 107 Å². The number of rotatable bonds is 6. The quantitative estimate of drug-likeness (QED) is 0.431. The van der Waals surface area contributed by atoms with E-state index in [0.29, 0.717) is 10.5 Å². The molecule has 4 rings (SSSR count). The molecule has 0 saturated carbocycles. The lowest BCUT2D eigenvalue weighted by molar-refractivity contribution is 0.376. The van der Waals surface area contributed by atoms with Crippen LogP contribution in [0.1, 0.15) is 52.1 Å². The molecule has 2 aromatic carbocycles. The summed E-state index contributed by atoms with van der Waals surface area (Å²) in [6.45, 7) is 10.1. The highest BCUT2D eigenvalue weighted by Gasteiger charge is 2.19. The summed E-state index contributed by atoms with van der Waals surface area (Å²) < 4.78 is 35.6. The summed E-state index contributed by atoms with van der Waals surface area (Å²) in [6, 6.07) is 12.5. The molecule has 8 nitrogen and oxygen atoms in total.